The summed E-state index contributed by atoms with van der Waals surface area (Å²) in [6.07, 6.45) is 2.84. The molecule has 5 rings (SSSR count). The van der Waals surface area contributed by atoms with Crippen molar-refractivity contribution >= 4 is 11.9 Å². The Morgan fingerprint density at radius 2 is 1.18 bits per heavy atom. The number of anilines is 2. The van der Waals surface area contributed by atoms with Gasteiger partial charge in [0.05, 0.1) is 0 Å². The summed E-state index contributed by atoms with van der Waals surface area (Å²) in [6, 6.07) is 5.42. The van der Waals surface area contributed by atoms with Crippen LogP contribution in [-0.2, 0) is 0 Å². The van der Waals surface area contributed by atoms with Crippen LogP contribution in [0.25, 0.3) is 11.5 Å². The normalized spacial score (nSPS) is 23.3. The van der Waals surface area contributed by atoms with Gasteiger partial charge in [-0.2, -0.15) is 15.0 Å². The molecule has 178 valence electrons. The predicted molar refractivity (Wildman–Crippen MR) is 117 cm³/mol. The molecule has 0 bridgehead atoms. The zero-order chi connectivity index (χ0) is 23.1. The van der Waals surface area contributed by atoms with E-state index in [0.717, 1.165) is 18.5 Å². The maximum Gasteiger partial charge on any atom is 0.248 e. The lowest BCUT2D eigenvalue weighted by Crippen LogP contribution is -2.33. The number of hydrogen-bond donors (Lipinski definition) is 2. The number of halogens is 4. The molecule has 2 N–H and O–H groups in total. The van der Waals surface area contributed by atoms with Gasteiger partial charge in [0, 0.05) is 49.4 Å². The number of pyridine rings is 1. The second-order valence-corrected chi connectivity index (χ2v) is 9.58. The fraction of sp³-hybridized carbons (Fsp3) is 0.652. The smallest absolute Gasteiger partial charge is 0.248 e. The molecule has 0 aliphatic heterocycles. The first-order chi connectivity index (χ1) is 15.7. The highest BCUT2D eigenvalue weighted by atomic mass is 19.3. The van der Waals surface area contributed by atoms with Crippen LogP contribution in [-0.4, -0.2) is 43.9 Å². The van der Waals surface area contributed by atoms with Gasteiger partial charge in [-0.15, -0.1) is 0 Å². The molecule has 0 radical (unpaired) electrons. The molecule has 0 aromatic carbocycles. The zero-order valence-electron chi connectivity index (χ0n) is 18.3. The van der Waals surface area contributed by atoms with Crippen molar-refractivity contribution in [2.75, 3.05) is 10.6 Å². The van der Waals surface area contributed by atoms with E-state index in [1.807, 2.05) is 18.2 Å². The minimum Gasteiger partial charge on any atom is -0.351 e. The van der Waals surface area contributed by atoms with Crippen molar-refractivity contribution in [1.82, 2.24) is 19.9 Å². The maximum absolute atomic E-state index is 13.5. The molecule has 3 fully saturated rings. The maximum atomic E-state index is 13.5. The van der Waals surface area contributed by atoms with Gasteiger partial charge >= 0.3 is 0 Å². The fourth-order valence-electron chi connectivity index (χ4n) is 4.54. The topological polar surface area (TPSA) is 75.6 Å². The summed E-state index contributed by atoms with van der Waals surface area (Å²) in [4.78, 5) is 18.2. The first-order valence-corrected chi connectivity index (χ1v) is 11.8. The Bertz CT molecular complexity index is 928. The van der Waals surface area contributed by atoms with Gasteiger partial charge < -0.3 is 10.6 Å². The molecular formula is C23H28F4N6. The Morgan fingerprint density at radius 1 is 0.667 bits per heavy atom. The van der Waals surface area contributed by atoms with E-state index in [-0.39, 0.29) is 49.7 Å². The molecule has 6 nitrogen and oxygen atoms in total. The van der Waals surface area contributed by atoms with Gasteiger partial charge in [0.1, 0.15) is 5.69 Å². The summed E-state index contributed by atoms with van der Waals surface area (Å²) in [7, 11) is 0. The van der Waals surface area contributed by atoms with Crippen LogP contribution in [0.5, 0.6) is 0 Å². The number of nitrogens with one attached hydrogen (secondary N) is 2. The summed E-state index contributed by atoms with van der Waals surface area (Å²) in [6.45, 7) is 0. The molecule has 10 heteroatoms. The van der Waals surface area contributed by atoms with Crippen LogP contribution in [0.3, 0.4) is 0 Å². The molecule has 0 spiro atoms. The summed E-state index contributed by atoms with van der Waals surface area (Å²) >= 11 is 0. The molecular weight excluding hydrogens is 436 g/mol. The lowest BCUT2D eigenvalue weighted by atomic mass is 9.92. The predicted octanol–water partition coefficient (Wildman–Crippen LogP) is 5.79. The van der Waals surface area contributed by atoms with Crippen molar-refractivity contribution in [2.24, 2.45) is 0 Å². The van der Waals surface area contributed by atoms with E-state index in [4.69, 9.17) is 4.98 Å². The van der Waals surface area contributed by atoms with E-state index in [0.29, 0.717) is 43.1 Å². The Hall–Kier alpha value is -2.52. The number of rotatable bonds is 6. The summed E-state index contributed by atoms with van der Waals surface area (Å²) in [5.74, 6) is -3.82. The Morgan fingerprint density at radius 3 is 1.67 bits per heavy atom. The van der Waals surface area contributed by atoms with Crippen molar-refractivity contribution in [3.8, 4) is 11.5 Å². The number of alkyl halides is 4. The second kappa shape index (κ2) is 8.68. The van der Waals surface area contributed by atoms with Crippen LogP contribution in [0.1, 0.15) is 75.8 Å². The van der Waals surface area contributed by atoms with Crippen molar-refractivity contribution in [2.45, 2.75) is 94.1 Å². The molecule has 0 atom stereocenters. The standard InChI is InChI=1S/C23H28F4N6/c24-22(25)10-6-15(7-11-22)28-20-31-19(18-3-1-2-17(30-18)14-4-5-14)32-21(33-20)29-16-8-12-23(26,27)13-9-16/h1-3,14-16H,4-13H2,(H2,28,29,31,32,33). The Kier molecular flexibility index (Phi) is 5.86. The third-order valence-corrected chi connectivity index (χ3v) is 6.73. The largest absolute Gasteiger partial charge is 0.351 e. The lowest BCUT2D eigenvalue weighted by molar-refractivity contribution is -0.0366. The summed E-state index contributed by atoms with van der Waals surface area (Å²) in [5.41, 5.74) is 1.61. The molecule has 0 unspecified atom stereocenters. The van der Waals surface area contributed by atoms with E-state index in [1.54, 1.807) is 0 Å². The summed E-state index contributed by atoms with van der Waals surface area (Å²) in [5, 5.41) is 6.37. The first-order valence-electron chi connectivity index (χ1n) is 11.8. The van der Waals surface area contributed by atoms with E-state index < -0.39 is 11.8 Å². The first kappa shape index (κ1) is 22.3. The molecule has 3 aliphatic carbocycles. The van der Waals surface area contributed by atoms with E-state index in [2.05, 4.69) is 25.6 Å². The van der Waals surface area contributed by atoms with Crippen LogP contribution in [0.15, 0.2) is 18.2 Å². The van der Waals surface area contributed by atoms with Crippen molar-refractivity contribution in [3.05, 3.63) is 23.9 Å². The van der Waals surface area contributed by atoms with Crippen LogP contribution in [0.2, 0.25) is 0 Å². The Labute approximate surface area is 190 Å². The number of hydrogen-bond acceptors (Lipinski definition) is 6. The van der Waals surface area contributed by atoms with Crippen LogP contribution < -0.4 is 10.6 Å². The zero-order valence-corrected chi connectivity index (χ0v) is 18.3. The highest BCUT2D eigenvalue weighted by molar-refractivity contribution is 5.54. The molecule has 2 heterocycles. The third kappa shape index (κ3) is 5.70. The van der Waals surface area contributed by atoms with Crippen LogP contribution >= 0.6 is 0 Å². The van der Waals surface area contributed by atoms with Crippen LogP contribution in [0, 0.1) is 0 Å². The van der Waals surface area contributed by atoms with Crippen LogP contribution in [0.4, 0.5) is 29.5 Å². The van der Waals surface area contributed by atoms with Crippen molar-refractivity contribution in [3.63, 3.8) is 0 Å². The van der Waals surface area contributed by atoms with Gasteiger partial charge in [0.15, 0.2) is 5.82 Å². The number of nitrogens with zero attached hydrogens (tertiary/aromatic N) is 4. The quantitative estimate of drug-likeness (QED) is 0.527. The lowest BCUT2D eigenvalue weighted by Gasteiger charge is -2.30. The van der Waals surface area contributed by atoms with Gasteiger partial charge in [0.2, 0.25) is 23.7 Å². The highest BCUT2D eigenvalue weighted by Gasteiger charge is 2.36. The Balaban J connectivity index is 1.38. The van der Waals surface area contributed by atoms with E-state index in [9.17, 15) is 17.6 Å². The van der Waals surface area contributed by atoms with Gasteiger partial charge in [-0.1, -0.05) is 6.07 Å². The number of aromatic nitrogens is 4. The highest BCUT2D eigenvalue weighted by Crippen LogP contribution is 2.39. The molecule has 2 aromatic heterocycles. The van der Waals surface area contributed by atoms with Gasteiger partial charge in [-0.3, -0.25) is 0 Å². The average molecular weight is 465 g/mol. The minimum absolute atomic E-state index is 0.160. The second-order valence-electron chi connectivity index (χ2n) is 9.58. The van der Waals surface area contributed by atoms with Crippen molar-refractivity contribution < 1.29 is 17.6 Å². The average Bonchev–Trinajstić information content (AvgIpc) is 3.62. The molecule has 0 saturated heterocycles. The molecule has 3 aliphatic rings. The molecule has 33 heavy (non-hydrogen) atoms. The van der Waals surface area contributed by atoms with Gasteiger partial charge in [-0.05, 0) is 50.7 Å². The van der Waals surface area contributed by atoms with Gasteiger partial charge in [0.25, 0.3) is 0 Å². The van der Waals surface area contributed by atoms with Gasteiger partial charge in [-0.25, -0.2) is 22.5 Å². The summed E-state index contributed by atoms with van der Waals surface area (Å²) < 4.78 is 54.2. The SMILES string of the molecule is FC1(F)CCC(Nc2nc(NC3CCC(F)(F)CC3)nc(-c3cccc(C4CC4)n3)n2)CC1. The molecule has 3 saturated carbocycles. The monoisotopic (exact) mass is 464 g/mol. The molecule has 2 aromatic rings. The fourth-order valence-corrected chi connectivity index (χ4v) is 4.54. The van der Waals surface area contributed by atoms with E-state index in [1.165, 1.54) is 0 Å². The third-order valence-electron chi connectivity index (χ3n) is 6.73. The molecule has 0 amide bonds. The minimum atomic E-state index is -2.62. The van der Waals surface area contributed by atoms with E-state index >= 15 is 0 Å². The van der Waals surface area contributed by atoms with Crippen molar-refractivity contribution in [1.29, 1.82) is 0 Å².